The van der Waals surface area contributed by atoms with Gasteiger partial charge in [0.05, 0.1) is 11.6 Å². The van der Waals surface area contributed by atoms with Gasteiger partial charge in [0.2, 0.25) is 0 Å². The lowest BCUT2D eigenvalue weighted by Gasteiger charge is -1.97. The second-order valence-corrected chi connectivity index (χ2v) is 4.31. The predicted octanol–water partition coefficient (Wildman–Crippen LogP) is 4.98. The fourth-order valence-corrected chi connectivity index (χ4v) is 1.63. The molecule has 2 heteroatoms. The molecule has 1 nitrogen and oxygen atoms in total. The molecule has 0 spiro atoms. The van der Waals surface area contributed by atoms with Crippen molar-refractivity contribution in [2.75, 3.05) is 0 Å². The first kappa shape index (κ1) is 15.7. The van der Waals surface area contributed by atoms with Crippen LogP contribution in [0, 0.1) is 17.1 Å². The Balaban J connectivity index is 0.000000204. The molecular formula is C18H18FN. The maximum absolute atomic E-state index is 12.1. The zero-order valence-corrected chi connectivity index (χ0v) is 11.6. The number of aryl methyl sites for hydroxylation is 1. The molecule has 2 rings (SSSR count). The molecule has 0 aliphatic carbocycles. The molecule has 0 aromatic heterocycles. The maximum Gasteiger partial charge on any atom is 0.123 e. The van der Waals surface area contributed by atoms with Crippen LogP contribution in [0.4, 0.5) is 4.39 Å². The summed E-state index contributed by atoms with van der Waals surface area (Å²) in [4.78, 5) is 0. The minimum atomic E-state index is -0.311. The van der Waals surface area contributed by atoms with Crippen molar-refractivity contribution in [2.24, 2.45) is 0 Å². The van der Waals surface area contributed by atoms with Crippen molar-refractivity contribution >= 4 is 6.08 Å². The highest BCUT2D eigenvalue weighted by molar-refractivity contribution is 5.47. The van der Waals surface area contributed by atoms with Crippen molar-refractivity contribution in [1.82, 2.24) is 0 Å². The smallest absolute Gasteiger partial charge is 0.123 e. The minimum absolute atomic E-state index is 0.311. The second kappa shape index (κ2) is 8.66. The van der Waals surface area contributed by atoms with Crippen molar-refractivity contribution in [3.05, 3.63) is 77.6 Å². The molecule has 102 valence electrons. The van der Waals surface area contributed by atoms with E-state index in [1.165, 1.54) is 48.2 Å². The third-order valence-corrected chi connectivity index (χ3v) is 2.73. The number of hydrogen-bond donors (Lipinski definition) is 0. The average molecular weight is 267 g/mol. The van der Waals surface area contributed by atoms with Crippen molar-refractivity contribution in [3.63, 3.8) is 0 Å². The van der Waals surface area contributed by atoms with Crippen LogP contribution in [0.5, 0.6) is 0 Å². The quantitative estimate of drug-likeness (QED) is 0.769. The molecule has 2 aromatic carbocycles. The molecule has 0 bridgehead atoms. The molecule has 0 N–H and O–H groups in total. The Labute approximate surface area is 120 Å². The van der Waals surface area contributed by atoms with Gasteiger partial charge in [0.15, 0.2) is 0 Å². The second-order valence-electron chi connectivity index (χ2n) is 4.31. The molecule has 0 saturated heterocycles. The molecule has 0 aliphatic rings. The van der Waals surface area contributed by atoms with Crippen LogP contribution in [0.1, 0.15) is 30.0 Å². The first-order valence-electron chi connectivity index (χ1n) is 6.56. The van der Waals surface area contributed by atoms with Gasteiger partial charge in [0, 0.05) is 0 Å². The third kappa shape index (κ3) is 5.49. The van der Waals surface area contributed by atoms with E-state index in [-0.39, 0.29) is 5.82 Å². The molecule has 0 radical (unpaired) electrons. The molecule has 0 heterocycles. The first-order chi connectivity index (χ1) is 9.69. The molecule has 0 fully saturated rings. The van der Waals surface area contributed by atoms with Crippen LogP contribution in [0.2, 0.25) is 0 Å². The van der Waals surface area contributed by atoms with Gasteiger partial charge in [-0.2, -0.15) is 5.26 Å². The zero-order chi connectivity index (χ0) is 14.8. The van der Waals surface area contributed by atoms with Gasteiger partial charge < -0.3 is 0 Å². The third-order valence-electron chi connectivity index (χ3n) is 2.73. The monoisotopic (exact) mass is 267 g/mol. The lowest BCUT2D eigenvalue weighted by atomic mass is 10.1. The van der Waals surface area contributed by atoms with Crippen molar-refractivity contribution in [3.8, 4) is 6.07 Å². The van der Waals surface area contributed by atoms with Gasteiger partial charge in [-0.05, 0) is 41.8 Å². The Morgan fingerprint density at radius 1 is 1.10 bits per heavy atom. The Morgan fingerprint density at radius 2 is 1.70 bits per heavy atom. The van der Waals surface area contributed by atoms with Gasteiger partial charge in [0.25, 0.3) is 0 Å². The molecule has 0 aliphatic heterocycles. The van der Waals surface area contributed by atoms with Crippen LogP contribution < -0.4 is 0 Å². The standard InChI is InChI=1S/C11H14.C7H4FN/c1-3-5-11-8-6-10(4-2)7-9-11;8-7-3-1-6(5-9)2-4-7/h4,6-9H,2-3,5H2,1H3;1-4H. The van der Waals surface area contributed by atoms with Crippen molar-refractivity contribution in [2.45, 2.75) is 19.8 Å². The molecule has 20 heavy (non-hydrogen) atoms. The van der Waals surface area contributed by atoms with Gasteiger partial charge in [-0.15, -0.1) is 0 Å². The fraction of sp³-hybridized carbons (Fsp3) is 0.167. The minimum Gasteiger partial charge on any atom is -0.207 e. The number of hydrogen-bond acceptors (Lipinski definition) is 1. The molecule has 0 atom stereocenters. The van der Waals surface area contributed by atoms with Gasteiger partial charge in [-0.3, -0.25) is 0 Å². The number of nitriles is 1. The highest BCUT2D eigenvalue weighted by Gasteiger charge is 1.89. The zero-order valence-electron chi connectivity index (χ0n) is 11.6. The summed E-state index contributed by atoms with van der Waals surface area (Å²) in [5.41, 5.74) is 3.10. The van der Waals surface area contributed by atoms with Crippen LogP contribution in [0.15, 0.2) is 55.1 Å². The maximum atomic E-state index is 12.1. The lowest BCUT2D eigenvalue weighted by molar-refractivity contribution is 0.627. The number of benzene rings is 2. The van der Waals surface area contributed by atoms with E-state index in [2.05, 4.69) is 37.8 Å². The molecule has 0 unspecified atom stereocenters. The van der Waals surface area contributed by atoms with E-state index in [0.717, 1.165) is 0 Å². The van der Waals surface area contributed by atoms with E-state index < -0.39 is 0 Å². The van der Waals surface area contributed by atoms with E-state index >= 15 is 0 Å². The van der Waals surface area contributed by atoms with Crippen LogP contribution in [0.25, 0.3) is 6.08 Å². The van der Waals surface area contributed by atoms with E-state index in [4.69, 9.17) is 5.26 Å². The van der Waals surface area contributed by atoms with Crippen LogP contribution >= 0.6 is 0 Å². The first-order valence-corrected chi connectivity index (χ1v) is 6.56. The molecule has 0 amide bonds. The summed E-state index contributed by atoms with van der Waals surface area (Å²) < 4.78 is 12.1. The number of nitrogens with zero attached hydrogens (tertiary/aromatic N) is 1. The fourth-order valence-electron chi connectivity index (χ4n) is 1.63. The van der Waals surface area contributed by atoms with E-state index in [0.29, 0.717) is 5.56 Å². The summed E-state index contributed by atoms with van der Waals surface area (Å²) in [5.74, 6) is -0.311. The van der Waals surface area contributed by atoms with E-state index in [9.17, 15) is 4.39 Å². The summed E-state index contributed by atoms with van der Waals surface area (Å²) >= 11 is 0. The Hall–Kier alpha value is -2.40. The van der Waals surface area contributed by atoms with Crippen LogP contribution in [-0.4, -0.2) is 0 Å². The van der Waals surface area contributed by atoms with Crippen molar-refractivity contribution < 1.29 is 4.39 Å². The summed E-state index contributed by atoms with van der Waals surface area (Å²) in [6.45, 7) is 5.90. The Morgan fingerprint density at radius 3 is 2.15 bits per heavy atom. The SMILES string of the molecule is C=Cc1ccc(CCC)cc1.N#Cc1ccc(F)cc1. The van der Waals surface area contributed by atoms with Crippen LogP contribution in [-0.2, 0) is 6.42 Å². The van der Waals surface area contributed by atoms with Crippen molar-refractivity contribution in [1.29, 1.82) is 5.26 Å². The predicted molar refractivity (Wildman–Crippen MR) is 81.6 cm³/mol. The van der Waals surface area contributed by atoms with Gasteiger partial charge >= 0.3 is 0 Å². The topological polar surface area (TPSA) is 23.8 Å². The van der Waals surface area contributed by atoms with Gasteiger partial charge in [0.1, 0.15) is 5.82 Å². The van der Waals surface area contributed by atoms with E-state index in [1.54, 1.807) is 0 Å². The number of rotatable bonds is 3. The Bertz CT molecular complexity index is 562. The summed E-state index contributed by atoms with van der Waals surface area (Å²) in [7, 11) is 0. The lowest BCUT2D eigenvalue weighted by Crippen LogP contribution is -1.81. The van der Waals surface area contributed by atoms with Gasteiger partial charge in [-0.25, -0.2) is 4.39 Å². The summed E-state index contributed by atoms with van der Waals surface area (Å²) in [6.07, 6.45) is 4.26. The summed E-state index contributed by atoms with van der Waals surface area (Å²) in [6, 6.07) is 15.8. The number of halogens is 1. The Kier molecular flexibility index (Phi) is 6.78. The van der Waals surface area contributed by atoms with E-state index in [1.807, 2.05) is 12.1 Å². The average Bonchev–Trinajstić information content (AvgIpc) is 2.50. The molecule has 2 aromatic rings. The summed E-state index contributed by atoms with van der Waals surface area (Å²) in [5, 5.41) is 8.26. The van der Waals surface area contributed by atoms with Gasteiger partial charge in [-0.1, -0.05) is 50.3 Å². The molecule has 0 saturated carbocycles. The largest absolute Gasteiger partial charge is 0.207 e. The normalized spacial score (nSPS) is 9.05. The molecular weight excluding hydrogens is 249 g/mol. The van der Waals surface area contributed by atoms with Crippen LogP contribution in [0.3, 0.4) is 0 Å². The highest BCUT2D eigenvalue weighted by Crippen LogP contribution is 2.06. The highest BCUT2D eigenvalue weighted by atomic mass is 19.1.